The number of aromatic nitrogens is 1. The van der Waals surface area contributed by atoms with E-state index in [-0.39, 0.29) is 5.56 Å². The summed E-state index contributed by atoms with van der Waals surface area (Å²) in [6.45, 7) is 0. The van der Waals surface area contributed by atoms with Gasteiger partial charge < -0.3 is 0 Å². The molecule has 1 rings (SSSR count). The van der Waals surface area contributed by atoms with E-state index in [2.05, 4.69) is 4.98 Å². The zero-order valence-electron chi connectivity index (χ0n) is 6.67. The minimum absolute atomic E-state index is 0.0346. The number of nitrogens with zero attached hydrogens (tertiary/aromatic N) is 2. The number of Topliss-reactive ketones (excluding diaryl/α,β-unsaturated/α-hetero) is 1. The molecule has 1 aromatic heterocycles. The Morgan fingerprint density at radius 2 is 2.14 bits per heavy atom. The molecule has 0 saturated heterocycles. The zero-order chi connectivity index (χ0) is 10.8. The molecule has 0 unspecified atom stereocenters. The molecule has 0 aliphatic rings. The van der Waals surface area contributed by atoms with Gasteiger partial charge in [0.15, 0.2) is 0 Å². The van der Waals surface area contributed by atoms with Gasteiger partial charge >= 0.3 is 6.18 Å². The van der Waals surface area contributed by atoms with E-state index in [9.17, 15) is 18.0 Å². The van der Waals surface area contributed by atoms with Crippen molar-refractivity contribution < 1.29 is 18.0 Å². The van der Waals surface area contributed by atoms with Crippen LogP contribution < -0.4 is 0 Å². The van der Waals surface area contributed by atoms with Gasteiger partial charge in [0.25, 0.3) is 5.78 Å². The summed E-state index contributed by atoms with van der Waals surface area (Å²) in [6, 6.07) is 3.63. The largest absolute Gasteiger partial charge is 0.456 e. The number of ketones is 1. The van der Waals surface area contributed by atoms with E-state index in [1.807, 2.05) is 0 Å². The van der Waals surface area contributed by atoms with E-state index in [1.165, 1.54) is 6.07 Å². The summed E-state index contributed by atoms with van der Waals surface area (Å²) in [5.74, 6) is -2.05. The third-order valence-electron chi connectivity index (χ3n) is 1.38. The summed E-state index contributed by atoms with van der Waals surface area (Å²) >= 11 is 0. The molecule has 3 nitrogen and oxygen atoms in total. The molecule has 1 aromatic rings. The number of rotatable bonds is 1. The van der Waals surface area contributed by atoms with Gasteiger partial charge in [-0.15, -0.1) is 0 Å². The predicted molar refractivity (Wildman–Crippen MR) is 39.3 cm³/mol. The summed E-state index contributed by atoms with van der Waals surface area (Å²) in [5, 5.41) is 8.38. The molecule has 0 aromatic carbocycles. The lowest BCUT2D eigenvalue weighted by Crippen LogP contribution is -2.23. The van der Waals surface area contributed by atoms with Crippen LogP contribution in [0.4, 0.5) is 13.2 Å². The number of carbonyl (C=O) groups excluding carboxylic acids is 1. The summed E-state index contributed by atoms with van der Waals surface area (Å²) in [4.78, 5) is 13.9. The average Bonchev–Trinajstić information content (AvgIpc) is 2.15. The van der Waals surface area contributed by atoms with Crippen LogP contribution in [0.5, 0.6) is 0 Å². The molecule has 0 spiro atoms. The van der Waals surface area contributed by atoms with Gasteiger partial charge in [0.05, 0.1) is 11.6 Å². The van der Waals surface area contributed by atoms with Crippen molar-refractivity contribution in [3.8, 4) is 6.07 Å². The Bertz CT molecular complexity index is 406. The van der Waals surface area contributed by atoms with Crippen molar-refractivity contribution in [1.82, 2.24) is 4.98 Å². The molecule has 0 aliphatic carbocycles. The van der Waals surface area contributed by atoms with Crippen LogP contribution in [0.3, 0.4) is 0 Å². The predicted octanol–water partition coefficient (Wildman–Crippen LogP) is 1.70. The van der Waals surface area contributed by atoms with E-state index >= 15 is 0 Å². The molecule has 14 heavy (non-hydrogen) atoms. The lowest BCUT2D eigenvalue weighted by atomic mass is 10.2. The van der Waals surface area contributed by atoms with Crippen LogP contribution in [0.1, 0.15) is 16.1 Å². The van der Waals surface area contributed by atoms with E-state index in [4.69, 9.17) is 5.26 Å². The molecule has 0 fully saturated rings. The van der Waals surface area contributed by atoms with Gasteiger partial charge in [-0.1, -0.05) is 0 Å². The molecular formula is C8H3F3N2O. The van der Waals surface area contributed by atoms with Crippen molar-refractivity contribution in [2.75, 3.05) is 0 Å². The van der Waals surface area contributed by atoms with Crippen LogP contribution in [0.25, 0.3) is 0 Å². The Kier molecular flexibility index (Phi) is 2.51. The fourth-order valence-corrected chi connectivity index (χ4v) is 0.769. The fraction of sp³-hybridized carbons (Fsp3) is 0.125. The summed E-state index contributed by atoms with van der Waals surface area (Å²) < 4.78 is 35.7. The maximum atomic E-state index is 11.9. The first-order chi connectivity index (χ1) is 6.45. The first-order valence-corrected chi connectivity index (χ1v) is 3.43. The number of alkyl halides is 3. The second-order valence-corrected chi connectivity index (χ2v) is 2.37. The van der Waals surface area contributed by atoms with E-state index in [0.29, 0.717) is 0 Å². The maximum Gasteiger partial charge on any atom is 0.456 e. The van der Waals surface area contributed by atoms with Crippen LogP contribution in [-0.4, -0.2) is 16.9 Å². The van der Waals surface area contributed by atoms with Gasteiger partial charge in [-0.25, -0.2) is 0 Å². The van der Waals surface area contributed by atoms with Crippen molar-refractivity contribution in [3.05, 3.63) is 29.6 Å². The van der Waals surface area contributed by atoms with Gasteiger partial charge in [0.1, 0.15) is 5.69 Å². The molecule has 72 valence electrons. The first-order valence-electron chi connectivity index (χ1n) is 3.43. The normalized spacial score (nSPS) is 10.7. The average molecular weight is 200 g/mol. The number of carbonyl (C=O) groups is 1. The third kappa shape index (κ3) is 2.07. The molecule has 0 saturated carbocycles. The van der Waals surface area contributed by atoms with Crippen molar-refractivity contribution >= 4 is 5.78 Å². The maximum absolute atomic E-state index is 11.9. The highest BCUT2D eigenvalue weighted by Gasteiger charge is 2.40. The lowest BCUT2D eigenvalue weighted by Gasteiger charge is -2.03. The quantitative estimate of drug-likeness (QED) is 0.648. The fourth-order valence-electron chi connectivity index (χ4n) is 0.769. The van der Waals surface area contributed by atoms with Gasteiger partial charge in [-0.3, -0.25) is 9.78 Å². The van der Waals surface area contributed by atoms with Crippen LogP contribution in [-0.2, 0) is 0 Å². The molecule has 0 radical (unpaired) electrons. The molecule has 0 bridgehead atoms. The Balaban J connectivity index is 3.10. The van der Waals surface area contributed by atoms with E-state index < -0.39 is 17.7 Å². The number of halogens is 3. The Labute approximate surface area is 76.8 Å². The first kappa shape index (κ1) is 10.2. The number of hydrogen-bond acceptors (Lipinski definition) is 3. The Hall–Kier alpha value is -1.90. The Morgan fingerprint density at radius 1 is 1.50 bits per heavy atom. The molecule has 0 N–H and O–H groups in total. The second kappa shape index (κ2) is 3.46. The monoisotopic (exact) mass is 200 g/mol. The Morgan fingerprint density at radius 3 is 2.64 bits per heavy atom. The smallest absolute Gasteiger partial charge is 0.282 e. The zero-order valence-corrected chi connectivity index (χ0v) is 6.67. The SMILES string of the molecule is N#Cc1ccnc(C(=O)C(F)(F)F)c1. The van der Waals surface area contributed by atoms with Crippen LogP contribution in [0, 0.1) is 11.3 Å². The van der Waals surface area contributed by atoms with Crippen molar-refractivity contribution in [2.45, 2.75) is 6.18 Å². The molecule has 6 heteroatoms. The molecule has 0 atom stereocenters. The molecule has 0 aliphatic heterocycles. The van der Waals surface area contributed by atoms with Crippen LogP contribution >= 0.6 is 0 Å². The molecule has 0 amide bonds. The molecular weight excluding hydrogens is 197 g/mol. The van der Waals surface area contributed by atoms with Crippen LogP contribution in [0.2, 0.25) is 0 Å². The number of hydrogen-bond donors (Lipinski definition) is 0. The molecule has 1 heterocycles. The highest BCUT2D eigenvalue weighted by atomic mass is 19.4. The third-order valence-corrected chi connectivity index (χ3v) is 1.38. The minimum atomic E-state index is -4.96. The second-order valence-electron chi connectivity index (χ2n) is 2.37. The van der Waals surface area contributed by atoms with Gasteiger partial charge in [0.2, 0.25) is 0 Å². The number of nitriles is 1. The van der Waals surface area contributed by atoms with Gasteiger partial charge in [-0.2, -0.15) is 18.4 Å². The number of pyridine rings is 1. The van der Waals surface area contributed by atoms with Crippen molar-refractivity contribution in [2.24, 2.45) is 0 Å². The standard InChI is InChI=1S/C8H3F3N2O/c9-8(10,11)7(14)6-3-5(4-12)1-2-13-6/h1-3H. The summed E-state index contributed by atoms with van der Waals surface area (Å²) in [7, 11) is 0. The van der Waals surface area contributed by atoms with E-state index in [1.54, 1.807) is 6.07 Å². The van der Waals surface area contributed by atoms with Gasteiger partial charge in [-0.05, 0) is 12.1 Å². The minimum Gasteiger partial charge on any atom is -0.282 e. The highest BCUT2D eigenvalue weighted by Crippen LogP contribution is 2.20. The van der Waals surface area contributed by atoms with Crippen molar-refractivity contribution in [3.63, 3.8) is 0 Å². The summed E-state index contributed by atoms with van der Waals surface area (Å²) in [6.07, 6.45) is -3.97. The van der Waals surface area contributed by atoms with Gasteiger partial charge in [0, 0.05) is 6.20 Å². The summed E-state index contributed by atoms with van der Waals surface area (Å²) in [5.41, 5.74) is -0.802. The van der Waals surface area contributed by atoms with Crippen LogP contribution in [0.15, 0.2) is 18.3 Å². The van der Waals surface area contributed by atoms with E-state index in [0.717, 1.165) is 12.3 Å². The topological polar surface area (TPSA) is 53.8 Å². The highest BCUT2D eigenvalue weighted by molar-refractivity contribution is 5.98. The lowest BCUT2D eigenvalue weighted by molar-refractivity contribution is -0.0888. The van der Waals surface area contributed by atoms with Crippen molar-refractivity contribution in [1.29, 1.82) is 5.26 Å².